The predicted molar refractivity (Wildman–Crippen MR) is 110 cm³/mol. The number of ether oxygens (including phenoxy) is 3. The summed E-state index contributed by atoms with van der Waals surface area (Å²) in [4.78, 5) is 12.6. The standard InChI is InChI=1S/C20H25ClFNO6S/c1-4-27-18(24)14-10-20(28-11-19(2,3)12-29-20)8-7-17(14)30(25,26)23-16-6-5-13(22)9-15(16)21/h5-6,9-10,17,23H,4,7-8,11-12H2,1-3H3. The van der Waals surface area contributed by atoms with Crippen LogP contribution in [0.15, 0.2) is 29.8 Å². The van der Waals surface area contributed by atoms with E-state index in [1.807, 2.05) is 13.8 Å². The number of esters is 1. The molecule has 1 spiro atoms. The van der Waals surface area contributed by atoms with Gasteiger partial charge < -0.3 is 14.2 Å². The third-order valence-corrected chi connectivity index (χ3v) is 7.02. The largest absolute Gasteiger partial charge is 0.463 e. The number of rotatable bonds is 5. The minimum absolute atomic E-state index is 0.0217. The number of carbonyl (C=O) groups is 1. The highest BCUT2D eigenvalue weighted by Crippen LogP contribution is 2.40. The van der Waals surface area contributed by atoms with Crippen LogP contribution < -0.4 is 4.72 Å². The maximum absolute atomic E-state index is 13.3. The molecule has 1 saturated heterocycles. The van der Waals surface area contributed by atoms with Gasteiger partial charge in [0.15, 0.2) is 5.79 Å². The number of halogens is 2. The number of sulfonamides is 1. The van der Waals surface area contributed by atoms with Crippen LogP contribution in [0.5, 0.6) is 0 Å². The minimum Gasteiger partial charge on any atom is -0.463 e. The van der Waals surface area contributed by atoms with Gasteiger partial charge in [-0.1, -0.05) is 25.4 Å². The molecule has 7 nitrogen and oxygen atoms in total. The molecule has 1 aliphatic heterocycles. The summed E-state index contributed by atoms with van der Waals surface area (Å²) in [5.41, 5.74) is -0.227. The monoisotopic (exact) mass is 461 g/mol. The van der Waals surface area contributed by atoms with Crippen molar-refractivity contribution >= 4 is 33.3 Å². The van der Waals surface area contributed by atoms with E-state index in [1.165, 1.54) is 12.1 Å². The summed E-state index contributed by atoms with van der Waals surface area (Å²) in [5.74, 6) is -2.52. The Labute approximate surface area is 180 Å². The van der Waals surface area contributed by atoms with E-state index in [-0.39, 0.29) is 41.1 Å². The minimum atomic E-state index is -4.10. The first-order valence-electron chi connectivity index (χ1n) is 9.61. The fraction of sp³-hybridized carbons (Fsp3) is 0.550. The lowest BCUT2D eigenvalue weighted by atomic mass is 9.90. The van der Waals surface area contributed by atoms with Crippen molar-refractivity contribution in [3.8, 4) is 0 Å². The smallest absolute Gasteiger partial charge is 0.335 e. The summed E-state index contributed by atoms with van der Waals surface area (Å²) in [7, 11) is -4.10. The lowest BCUT2D eigenvalue weighted by Crippen LogP contribution is -2.50. The zero-order valence-corrected chi connectivity index (χ0v) is 18.6. The second-order valence-electron chi connectivity index (χ2n) is 8.17. The van der Waals surface area contributed by atoms with Crippen molar-refractivity contribution in [2.24, 2.45) is 5.41 Å². The lowest BCUT2D eigenvalue weighted by molar-refractivity contribution is -0.276. The van der Waals surface area contributed by atoms with Crippen molar-refractivity contribution in [1.29, 1.82) is 0 Å². The summed E-state index contributed by atoms with van der Waals surface area (Å²) in [6.45, 7) is 6.50. The van der Waals surface area contributed by atoms with Gasteiger partial charge >= 0.3 is 5.97 Å². The Balaban J connectivity index is 1.92. The van der Waals surface area contributed by atoms with Gasteiger partial charge in [0.25, 0.3) is 0 Å². The summed E-state index contributed by atoms with van der Waals surface area (Å²) in [5, 5.41) is -1.29. The molecule has 0 saturated carbocycles. The zero-order valence-electron chi connectivity index (χ0n) is 17.0. The quantitative estimate of drug-likeness (QED) is 0.673. The van der Waals surface area contributed by atoms with E-state index in [2.05, 4.69) is 4.72 Å². The lowest BCUT2D eigenvalue weighted by Gasteiger charge is -2.44. The molecule has 1 N–H and O–H groups in total. The van der Waals surface area contributed by atoms with Crippen molar-refractivity contribution in [3.05, 3.63) is 40.7 Å². The highest BCUT2D eigenvalue weighted by Gasteiger charge is 2.47. The van der Waals surface area contributed by atoms with E-state index < -0.39 is 32.8 Å². The average Bonchev–Trinajstić information content (AvgIpc) is 2.67. The van der Waals surface area contributed by atoms with Crippen LogP contribution >= 0.6 is 11.6 Å². The van der Waals surface area contributed by atoms with Crippen LogP contribution in [-0.4, -0.2) is 45.2 Å². The molecule has 1 aliphatic carbocycles. The average molecular weight is 462 g/mol. The number of benzene rings is 1. The number of nitrogens with one attached hydrogen (secondary N) is 1. The molecule has 0 aromatic heterocycles. The molecule has 30 heavy (non-hydrogen) atoms. The van der Waals surface area contributed by atoms with Gasteiger partial charge in [0.1, 0.15) is 11.1 Å². The first-order chi connectivity index (χ1) is 14.0. The van der Waals surface area contributed by atoms with Crippen LogP contribution in [0.2, 0.25) is 5.02 Å². The molecule has 3 rings (SSSR count). The maximum atomic E-state index is 13.3. The number of hydrogen-bond acceptors (Lipinski definition) is 6. The molecule has 166 valence electrons. The molecular weight excluding hydrogens is 437 g/mol. The summed E-state index contributed by atoms with van der Waals surface area (Å²) < 4.78 is 58.7. The van der Waals surface area contributed by atoms with E-state index in [9.17, 15) is 17.6 Å². The van der Waals surface area contributed by atoms with Crippen LogP contribution in [0.4, 0.5) is 10.1 Å². The van der Waals surface area contributed by atoms with Crippen molar-refractivity contribution in [2.45, 2.75) is 44.6 Å². The Morgan fingerprint density at radius 2 is 2.00 bits per heavy atom. The Bertz CT molecular complexity index is 952. The topological polar surface area (TPSA) is 90.9 Å². The van der Waals surface area contributed by atoms with Gasteiger partial charge in [0.05, 0.1) is 36.1 Å². The number of hydrogen-bond donors (Lipinski definition) is 1. The van der Waals surface area contributed by atoms with Crippen LogP contribution in [0, 0.1) is 11.2 Å². The highest BCUT2D eigenvalue weighted by molar-refractivity contribution is 7.93. The van der Waals surface area contributed by atoms with Crippen molar-refractivity contribution in [2.75, 3.05) is 24.5 Å². The molecule has 0 radical (unpaired) electrons. The third-order valence-electron chi connectivity index (χ3n) is 4.96. The van der Waals surface area contributed by atoms with Crippen LogP contribution in [0.1, 0.15) is 33.6 Å². The molecule has 10 heteroatoms. The number of carbonyl (C=O) groups excluding carboxylic acids is 1. The van der Waals surface area contributed by atoms with E-state index in [0.717, 1.165) is 12.1 Å². The SMILES string of the molecule is CCOC(=O)C1=CC2(CCC1S(=O)(=O)Nc1ccc(F)cc1Cl)OCC(C)(C)CO2. The Kier molecular flexibility index (Phi) is 6.48. The third kappa shape index (κ3) is 4.96. The molecular formula is C20H25ClFNO6S. The Hall–Kier alpha value is -1.68. The van der Waals surface area contributed by atoms with Crippen LogP contribution in [0.3, 0.4) is 0 Å². The normalized spacial score (nSPS) is 23.0. The molecule has 1 unspecified atom stereocenters. The molecule has 1 fully saturated rings. The molecule has 1 aromatic carbocycles. The Morgan fingerprint density at radius 1 is 1.33 bits per heavy atom. The molecule has 0 amide bonds. The van der Waals surface area contributed by atoms with Crippen LogP contribution in [0.25, 0.3) is 0 Å². The van der Waals surface area contributed by atoms with Crippen molar-refractivity contribution in [1.82, 2.24) is 0 Å². The summed E-state index contributed by atoms with van der Waals surface area (Å²) in [6, 6.07) is 3.32. The van der Waals surface area contributed by atoms with Crippen molar-refractivity contribution in [3.63, 3.8) is 0 Å². The molecule has 1 heterocycles. The van der Waals surface area contributed by atoms with Gasteiger partial charge in [-0.3, -0.25) is 4.72 Å². The van der Waals surface area contributed by atoms with Gasteiger partial charge in [-0.25, -0.2) is 17.6 Å². The first-order valence-corrected chi connectivity index (χ1v) is 11.5. The second-order valence-corrected chi connectivity index (χ2v) is 10.4. The summed E-state index contributed by atoms with van der Waals surface area (Å²) >= 11 is 5.95. The second kappa shape index (κ2) is 8.45. The number of anilines is 1. The zero-order chi connectivity index (χ0) is 22.2. The predicted octanol–water partition coefficient (Wildman–Crippen LogP) is 3.64. The maximum Gasteiger partial charge on any atom is 0.335 e. The molecule has 2 aliphatic rings. The van der Waals surface area contributed by atoms with E-state index in [4.69, 9.17) is 25.8 Å². The van der Waals surface area contributed by atoms with E-state index in [1.54, 1.807) is 6.92 Å². The van der Waals surface area contributed by atoms with Gasteiger partial charge in [0, 0.05) is 11.8 Å². The summed E-state index contributed by atoms with van der Waals surface area (Å²) in [6.07, 6.45) is 1.73. The molecule has 1 aromatic rings. The highest BCUT2D eigenvalue weighted by atomic mass is 35.5. The van der Waals surface area contributed by atoms with Crippen molar-refractivity contribution < 1.29 is 31.8 Å². The molecule has 0 bridgehead atoms. The molecule has 1 atom stereocenters. The van der Waals surface area contributed by atoms with Crippen LogP contribution in [-0.2, 0) is 29.0 Å². The fourth-order valence-corrected chi connectivity index (χ4v) is 5.18. The Morgan fingerprint density at radius 3 is 2.60 bits per heavy atom. The van der Waals surface area contributed by atoms with Gasteiger partial charge in [-0.05, 0) is 37.6 Å². The fourth-order valence-electron chi connectivity index (χ4n) is 3.36. The van der Waals surface area contributed by atoms with E-state index >= 15 is 0 Å². The first kappa shape index (κ1) is 23.0. The van der Waals surface area contributed by atoms with Gasteiger partial charge in [-0.2, -0.15) is 0 Å². The van der Waals surface area contributed by atoms with Gasteiger partial charge in [0.2, 0.25) is 10.0 Å². The van der Waals surface area contributed by atoms with E-state index in [0.29, 0.717) is 13.2 Å². The van der Waals surface area contributed by atoms with Gasteiger partial charge in [-0.15, -0.1) is 0 Å².